The number of nitrogens with zero attached hydrogens (tertiary/aromatic N) is 5. The normalized spacial score (nSPS) is 11.6. The van der Waals surface area contributed by atoms with Gasteiger partial charge in [0.15, 0.2) is 0 Å². The number of para-hydroxylation sites is 1. The van der Waals surface area contributed by atoms with Gasteiger partial charge in [-0.3, -0.25) is 9.59 Å². The van der Waals surface area contributed by atoms with Gasteiger partial charge in [0.2, 0.25) is 17.0 Å². The molecule has 33 heavy (non-hydrogen) atoms. The number of thioether (sulfide) groups is 1. The van der Waals surface area contributed by atoms with Gasteiger partial charge in [-0.1, -0.05) is 23.9 Å². The summed E-state index contributed by atoms with van der Waals surface area (Å²) in [7, 11) is 0. The minimum absolute atomic E-state index is 0.0324. The first-order valence-corrected chi connectivity index (χ1v) is 11.3. The van der Waals surface area contributed by atoms with E-state index in [1.807, 2.05) is 6.26 Å². The zero-order valence-electron chi connectivity index (χ0n) is 18.5. The first-order valence-electron chi connectivity index (χ1n) is 10.1. The van der Waals surface area contributed by atoms with Gasteiger partial charge in [-0.2, -0.15) is 18.2 Å². The van der Waals surface area contributed by atoms with Gasteiger partial charge < -0.3 is 10.2 Å². The largest absolute Gasteiger partial charge is 0.418 e. The quantitative estimate of drug-likeness (QED) is 0.521. The SMILES string of the molecule is CCN(CC(=O)Nc1ccccc1C(F)(F)F)C(=O)Cc1c(C)nc2nc(SC)nn2c1C. The van der Waals surface area contributed by atoms with Crippen LogP contribution in [0.1, 0.15) is 29.4 Å². The number of rotatable bonds is 7. The van der Waals surface area contributed by atoms with Crippen molar-refractivity contribution in [2.75, 3.05) is 24.7 Å². The number of anilines is 1. The molecule has 2 heterocycles. The maximum absolute atomic E-state index is 13.2. The molecule has 12 heteroatoms. The van der Waals surface area contributed by atoms with Gasteiger partial charge in [0.25, 0.3) is 5.78 Å². The fraction of sp³-hybridized carbons (Fsp3) is 0.381. The molecule has 176 valence electrons. The first-order chi connectivity index (χ1) is 15.5. The number of likely N-dealkylation sites (N-methyl/N-ethyl adjacent to an activating group) is 1. The summed E-state index contributed by atoms with van der Waals surface area (Å²) in [5.41, 5.74) is 0.684. The Labute approximate surface area is 192 Å². The number of hydrogen-bond donors (Lipinski definition) is 1. The van der Waals surface area contributed by atoms with E-state index >= 15 is 0 Å². The highest BCUT2D eigenvalue weighted by Crippen LogP contribution is 2.34. The van der Waals surface area contributed by atoms with Crippen LogP contribution in [0.15, 0.2) is 29.4 Å². The van der Waals surface area contributed by atoms with Crippen molar-refractivity contribution in [1.82, 2.24) is 24.5 Å². The Balaban J connectivity index is 1.76. The Morgan fingerprint density at radius 2 is 1.88 bits per heavy atom. The number of alkyl halides is 3. The van der Waals surface area contributed by atoms with E-state index in [1.165, 1.54) is 34.9 Å². The van der Waals surface area contributed by atoms with Gasteiger partial charge in [0.1, 0.15) is 0 Å². The number of aryl methyl sites for hydroxylation is 2. The van der Waals surface area contributed by atoms with E-state index in [4.69, 9.17) is 0 Å². The smallest absolute Gasteiger partial charge is 0.333 e. The van der Waals surface area contributed by atoms with Crippen molar-refractivity contribution < 1.29 is 22.8 Å². The van der Waals surface area contributed by atoms with Crippen LogP contribution in [0.3, 0.4) is 0 Å². The van der Waals surface area contributed by atoms with Crippen molar-refractivity contribution in [1.29, 1.82) is 0 Å². The molecule has 0 aliphatic rings. The number of hydrogen-bond acceptors (Lipinski definition) is 6. The molecule has 1 N–H and O–H groups in total. The molecule has 2 aromatic heterocycles. The third kappa shape index (κ3) is 5.44. The van der Waals surface area contributed by atoms with Crippen molar-refractivity contribution in [2.45, 2.75) is 38.5 Å². The summed E-state index contributed by atoms with van der Waals surface area (Å²) >= 11 is 1.37. The van der Waals surface area contributed by atoms with Crippen LogP contribution in [0, 0.1) is 13.8 Å². The van der Waals surface area contributed by atoms with Gasteiger partial charge in [0.05, 0.1) is 24.2 Å². The Morgan fingerprint density at radius 3 is 2.52 bits per heavy atom. The van der Waals surface area contributed by atoms with Crippen LogP contribution in [-0.4, -0.2) is 55.6 Å². The monoisotopic (exact) mass is 480 g/mol. The number of fused-ring (bicyclic) bond motifs is 1. The van der Waals surface area contributed by atoms with E-state index in [2.05, 4.69) is 20.4 Å². The molecule has 0 unspecified atom stereocenters. The van der Waals surface area contributed by atoms with Gasteiger partial charge in [0, 0.05) is 23.5 Å². The topological polar surface area (TPSA) is 92.5 Å². The number of benzene rings is 1. The number of carbonyl (C=O) groups is 2. The lowest BCUT2D eigenvalue weighted by atomic mass is 10.1. The van der Waals surface area contributed by atoms with Gasteiger partial charge in [-0.15, -0.1) is 5.10 Å². The highest BCUT2D eigenvalue weighted by Gasteiger charge is 2.33. The van der Waals surface area contributed by atoms with Gasteiger partial charge in [-0.05, 0) is 39.2 Å². The summed E-state index contributed by atoms with van der Waals surface area (Å²) in [6, 6.07) is 4.70. The molecule has 0 saturated carbocycles. The molecular weight excluding hydrogens is 457 g/mol. The maximum atomic E-state index is 13.2. The second kappa shape index (κ2) is 9.77. The maximum Gasteiger partial charge on any atom is 0.418 e. The van der Waals surface area contributed by atoms with Crippen LogP contribution in [0.25, 0.3) is 5.78 Å². The molecule has 2 amide bonds. The highest BCUT2D eigenvalue weighted by molar-refractivity contribution is 7.98. The van der Waals surface area contributed by atoms with E-state index in [-0.39, 0.29) is 31.1 Å². The zero-order valence-corrected chi connectivity index (χ0v) is 19.3. The summed E-state index contributed by atoms with van der Waals surface area (Å²) in [5.74, 6) is -0.639. The number of halogens is 3. The third-order valence-corrected chi connectivity index (χ3v) is 5.65. The molecule has 3 rings (SSSR count). The van der Waals surface area contributed by atoms with Crippen LogP contribution >= 0.6 is 11.8 Å². The van der Waals surface area contributed by atoms with Crippen LogP contribution in [0.4, 0.5) is 18.9 Å². The van der Waals surface area contributed by atoms with Crippen molar-refractivity contribution in [3.8, 4) is 0 Å². The van der Waals surface area contributed by atoms with E-state index in [0.29, 0.717) is 27.9 Å². The second-order valence-electron chi connectivity index (χ2n) is 7.25. The number of aromatic nitrogens is 4. The van der Waals surface area contributed by atoms with Crippen molar-refractivity contribution in [2.24, 2.45) is 0 Å². The summed E-state index contributed by atoms with van der Waals surface area (Å²) in [4.78, 5) is 35.4. The first kappa shape index (κ1) is 24.5. The minimum atomic E-state index is -4.61. The second-order valence-corrected chi connectivity index (χ2v) is 8.02. The molecule has 0 spiro atoms. The predicted octanol–water partition coefficient (Wildman–Crippen LogP) is 3.51. The van der Waals surface area contributed by atoms with Crippen molar-refractivity contribution >= 4 is 35.0 Å². The number of carbonyl (C=O) groups excluding carboxylic acids is 2. The summed E-state index contributed by atoms with van der Waals surface area (Å²) in [5, 5.41) is 7.18. The molecular formula is C21H23F3N6O2S. The average molecular weight is 481 g/mol. The van der Waals surface area contributed by atoms with Crippen molar-refractivity contribution in [3.63, 3.8) is 0 Å². The lowest BCUT2D eigenvalue weighted by Crippen LogP contribution is -2.39. The Bertz CT molecular complexity index is 1190. The Hall–Kier alpha value is -3.15. The van der Waals surface area contributed by atoms with Crippen LogP contribution in [-0.2, 0) is 22.2 Å². The number of nitrogens with one attached hydrogen (secondary N) is 1. The minimum Gasteiger partial charge on any atom is -0.333 e. The molecule has 0 aliphatic heterocycles. The molecule has 0 atom stereocenters. The van der Waals surface area contributed by atoms with Crippen LogP contribution in [0.5, 0.6) is 0 Å². The summed E-state index contributed by atoms with van der Waals surface area (Å²) in [6.45, 7) is 5.09. The highest BCUT2D eigenvalue weighted by atomic mass is 32.2. The van der Waals surface area contributed by atoms with Crippen molar-refractivity contribution in [3.05, 3.63) is 46.8 Å². The molecule has 0 saturated heterocycles. The standard InChI is InChI=1S/C21H23F3N6O2S/c1-5-29(11-17(31)26-16-9-7-6-8-15(16)21(22,23)24)18(32)10-14-12(2)25-19-27-20(33-4)28-30(19)13(14)3/h6-9H,5,10-11H2,1-4H3,(H,26,31). The lowest BCUT2D eigenvalue weighted by molar-refractivity contribution is -0.137. The molecule has 0 aliphatic carbocycles. The Kier molecular flexibility index (Phi) is 7.25. The lowest BCUT2D eigenvalue weighted by Gasteiger charge is -2.22. The van der Waals surface area contributed by atoms with Crippen LogP contribution < -0.4 is 5.32 Å². The van der Waals surface area contributed by atoms with E-state index < -0.39 is 17.6 Å². The van der Waals surface area contributed by atoms with Gasteiger partial charge >= 0.3 is 6.18 Å². The van der Waals surface area contributed by atoms with E-state index in [0.717, 1.165) is 6.07 Å². The summed E-state index contributed by atoms with van der Waals surface area (Å²) in [6.07, 6.45) is -2.80. The molecule has 1 aromatic carbocycles. The fourth-order valence-electron chi connectivity index (χ4n) is 3.37. The molecule has 0 fully saturated rings. The van der Waals surface area contributed by atoms with Crippen LogP contribution in [0.2, 0.25) is 0 Å². The Morgan fingerprint density at radius 1 is 1.18 bits per heavy atom. The van der Waals surface area contributed by atoms with Gasteiger partial charge in [-0.25, -0.2) is 9.50 Å². The molecule has 3 aromatic rings. The third-order valence-electron chi connectivity index (χ3n) is 5.12. The average Bonchev–Trinajstić information content (AvgIpc) is 3.17. The summed E-state index contributed by atoms with van der Waals surface area (Å²) < 4.78 is 41.1. The van der Waals surface area contributed by atoms with E-state index in [9.17, 15) is 22.8 Å². The fourth-order valence-corrected chi connectivity index (χ4v) is 3.71. The predicted molar refractivity (Wildman–Crippen MR) is 118 cm³/mol. The molecule has 0 bridgehead atoms. The van der Waals surface area contributed by atoms with E-state index in [1.54, 1.807) is 25.3 Å². The molecule has 0 radical (unpaired) electrons. The number of amides is 2. The molecule has 8 nitrogen and oxygen atoms in total. The zero-order chi connectivity index (χ0) is 24.3.